The Morgan fingerprint density at radius 2 is 0.720 bits per heavy atom. The van der Waals surface area contributed by atoms with E-state index in [2.05, 4.69) is 103 Å². The third kappa shape index (κ3) is 4.10. The summed E-state index contributed by atoms with van der Waals surface area (Å²) in [5.41, 5.74) is 5.91. The molecule has 5 nitrogen and oxygen atoms in total. The highest BCUT2D eigenvalue weighted by molar-refractivity contribution is 6.20. The normalized spacial score (nSPS) is 12.0. The fraction of sp³-hybridized carbons (Fsp3) is 0. The maximum absolute atomic E-state index is 6.26. The Kier molecular flexibility index (Phi) is 5.60. The number of para-hydroxylation sites is 2. The van der Waals surface area contributed by atoms with E-state index in [1.54, 1.807) is 0 Å². The van der Waals surface area contributed by atoms with E-state index in [9.17, 15) is 0 Å². The molecule has 11 rings (SSSR count). The Morgan fingerprint density at radius 1 is 0.300 bits per heavy atom. The smallest absolute Gasteiger partial charge is 0.164 e. The summed E-state index contributed by atoms with van der Waals surface area (Å²) in [6.07, 6.45) is 0. The van der Waals surface area contributed by atoms with E-state index in [0.717, 1.165) is 71.3 Å². The molecule has 0 N–H and O–H groups in total. The predicted molar refractivity (Wildman–Crippen MR) is 203 cm³/mol. The highest BCUT2D eigenvalue weighted by Gasteiger charge is 2.17. The van der Waals surface area contributed by atoms with Crippen LogP contribution in [0, 0.1) is 0 Å². The van der Waals surface area contributed by atoms with Crippen LogP contribution in [0.25, 0.3) is 110 Å². The van der Waals surface area contributed by atoms with Gasteiger partial charge in [-0.25, -0.2) is 15.0 Å². The standard InChI is InChI=1S/C45H25N3O2/c1-2-8-32-26(7-1)13-16-28-17-14-27-15-18-29(23-37(27)42(28)32)43-46-44(30-19-21-35-33-9-3-5-11-38(33)49-40(35)24-30)48-45(47-43)31-20-22-36-34-10-4-6-12-39(34)50-41(36)25-31/h1-25H. The van der Waals surface area contributed by atoms with E-state index >= 15 is 0 Å². The number of hydrogen-bond donors (Lipinski definition) is 0. The fourth-order valence-electron chi connectivity index (χ4n) is 7.46. The van der Waals surface area contributed by atoms with Crippen molar-refractivity contribution in [2.75, 3.05) is 0 Å². The molecule has 11 aromatic rings. The van der Waals surface area contributed by atoms with Crippen molar-refractivity contribution in [3.8, 4) is 34.2 Å². The second-order valence-corrected chi connectivity index (χ2v) is 12.8. The van der Waals surface area contributed by atoms with Gasteiger partial charge in [-0.05, 0) is 74.8 Å². The van der Waals surface area contributed by atoms with Gasteiger partial charge in [0.15, 0.2) is 17.5 Å². The number of nitrogens with zero attached hydrogens (tertiary/aromatic N) is 3. The molecule has 0 unspecified atom stereocenters. The summed E-state index contributed by atoms with van der Waals surface area (Å²) in [4.78, 5) is 15.3. The molecule has 232 valence electrons. The molecule has 3 aromatic heterocycles. The van der Waals surface area contributed by atoms with Gasteiger partial charge in [-0.1, -0.05) is 109 Å². The molecule has 0 spiro atoms. The summed E-state index contributed by atoms with van der Waals surface area (Å²) in [7, 11) is 0. The Morgan fingerprint density at radius 3 is 1.32 bits per heavy atom. The van der Waals surface area contributed by atoms with E-state index in [-0.39, 0.29) is 0 Å². The molecule has 0 atom stereocenters. The number of furan rings is 2. The average Bonchev–Trinajstić information content (AvgIpc) is 3.74. The van der Waals surface area contributed by atoms with Crippen LogP contribution in [-0.4, -0.2) is 15.0 Å². The number of rotatable bonds is 3. The van der Waals surface area contributed by atoms with E-state index in [1.807, 2.05) is 48.5 Å². The van der Waals surface area contributed by atoms with Crippen molar-refractivity contribution in [2.45, 2.75) is 0 Å². The molecular formula is C45H25N3O2. The van der Waals surface area contributed by atoms with Gasteiger partial charge in [0.1, 0.15) is 22.3 Å². The Bertz CT molecular complexity index is 3030. The quantitative estimate of drug-likeness (QED) is 0.180. The Labute approximate surface area is 285 Å². The number of fused-ring (bicyclic) bond motifs is 11. The maximum atomic E-state index is 6.26. The second kappa shape index (κ2) is 10.3. The molecule has 0 saturated heterocycles. The average molecular weight is 640 g/mol. The van der Waals surface area contributed by atoms with Gasteiger partial charge in [0.05, 0.1) is 0 Å². The highest BCUT2D eigenvalue weighted by atomic mass is 16.3. The van der Waals surface area contributed by atoms with E-state index in [0.29, 0.717) is 17.5 Å². The Hall–Kier alpha value is -6.85. The number of hydrogen-bond acceptors (Lipinski definition) is 5. The van der Waals surface area contributed by atoms with Crippen LogP contribution in [0.4, 0.5) is 0 Å². The monoisotopic (exact) mass is 639 g/mol. The van der Waals surface area contributed by atoms with Crippen molar-refractivity contribution in [2.24, 2.45) is 0 Å². The first-order valence-electron chi connectivity index (χ1n) is 16.7. The molecule has 0 bridgehead atoms. The van der Waals surface area contributed by atoms with Crippen LogP contribution in [0.15, 0.2) is 160 Å². The topological polar surface area (TPSA) is 65.0 Å². The van der Waals surface area contributed by atoms with Gasteiger partial charge >= 0.3 is 0 Å². The first kappa shape index (κ1) is 27.1. The molecule has 3 heterocycles. The minimum Gasteiger partial charge on any atom is -0.456 e. The maximum Gasteiger partial charge on any atom is 0.164 e. The second-order valence-electron chi connectivity index (χ2n) is 12.8. The lowest BCUT2D eigenvalue weighted by Crippen LogP contribution is -2.00. The molecular weight excluding hydrogens is 615 g/mol. The third-order valence-corrected chi connectivity index (χ3v) is 9.89. The van der Waals surface area contributed by atoms with Crippen LogP contribution in [0.5, 0.6) is 0 Å². The zero-order valence-electron chi connectivity index (χ0n) is 26.6. The van der Waals surface area contributed by atoms with Crippen LogP contribution < -0.4 is 0 Å². The number of aromatic nitrogens is 3. The zero-order valence-corrected chi connectivity index (χ0v) is 26.6. The van der Waals surface area contributed by atoms with Crippen molar-refractivity contribution in [1.82, 2.24) is 15.0 Å². The van der Waals surface area contributed by atoms with Gasteiger partial charge in [0, 0.05) is 38.2 Å². The van der Waals surface area contributed by atoms with Crippen LogP contribution in [0.3, 0.4) is 0 Å². The first-order chi connectivity index (χ1) is 24.7. The molecule has 0 fully saturated rings. The molecule has 8 aromatic carbocycles. The molecule has 0 aliphatic carbocycles. The van der Waals surface area contributed by atoms with Gasteiger partial charge in [0.2, 0.25) is 0 Å². The summed E-state index contributed by atoms with van der Waals surface area (Å²) in [6, 6.07) is 52.4. The SMILES string of the molecule is c1ccc2c(c1)ccc1ccc3ccc(-c4nc(-c5ccc6c(c5)oc5ccccc56)nc(-c5ccc6c(c5)oc5ccccc56)n4)cc3c12. The lowest BCUT2D eigenvalue weighted by Gasteiger charge is -2.11. The highest BCUT2D eigenvalue weighted by Crippen LogP contribution is 2.37. The molecule has 0 saturated carbocycles. The van der Waals surface area contributed by atoms with Crippen molar-refractivity contribution in [1.29, 1.82) is 0 Å². The summed E-state index contributed by atoms with van der Waals surface area (Å²) in [5.74, 6) is 1.74. The van der Waals surface area contributed by atoms with Crippen molar-refractivity contribution in [3.63, 3.8) is 0 Å². The molecule has 0 aliphatic heterocycles. The summed E-state index contributed by atoms with van der Waals surface area (Å²) in [6.45, 7) is 0. The van der Waals surface area contributed by atoms with Crippen molar-refractivity contribution >= 4 is 76.2 Å². The van der Waals surface area contributed by atoms with Gasteiger partial charge in [-0.2, -0.15) is 0 Å². The molecule has 0 aliphatic rings. The lowest BCUT2D eigenvalue weighted by atomic mass is 9.95. The third-order valence-electron chi connectivity index (χ3n) is 9.89. The van der Waals surface area contributed by atoms with Gasteiger partial charge in [-0.3, -0.25) is 0 Å². The first-order valence-corrected chi connectivity index (χ1v) is 16.7. The van der Waals surface area contributed by atoms with E-state index in [1.165, 1.54) is 21.5 Å². The summed E-state index contributed by atoms with van der Waals surface area (Å²) < 4.78 is 12.5. The van der Waals surface area contributed by atoms with Crippen LogP contribution in [0.2, 0.25) is 0 Å². The molecule has 0 radical (unpaired) electrons. The van der Waals surface area contributed by atoms with Gasteiger partial charge in [-0.15, -0.1) is 0 Å². The predicted octanol–water partition coefficient (Wildman–Crippen LogP) is 12.1. The van der Waals surface area contributed by atoms with Crippen LogP contribution in [-0.2, 0) is 0 Å². The minimum absolute atomic E-state index is 0.570. The van der Waals surface area contributed by atoms with E-state index < -0.39 is 0 Å². The molecule has 5 heteroatoms. The fourth-order valence-corrected chi connectivity index (χ4v) is 7.46. The molecule has 0 amide bonds. The number of benzene rings is 8. The Balaban J connectivity index is 1.15. The van der Waals surface area contributed by atoms with Crippen LogP contribution in [0.1, 0.15) is 0 Å². The zero-order chi connectivity index (χ0) is 32.8. The molecule has 50 heavy (non-hydrogen) atoms. The minimum atomic E-state index is 0.570. The lowest BCUT2D eigenvalue weighted by molar-refractivity contribution is 0.668. The summed E-state index contributed by atoms with van der Waals surface area (Å²) in [5, 5.41) is 11.5. The van der Waals surface area contributed by atoms with Gasteiger partial charge in [0.25, 0.3) is 0 Å². The van der Waals surface area contributed by atoms with Crippen LogP contribution >= 0.6 is 0 Å². The van der Waals surface area contributed by atoms with Crippen molar-refractivity contribution < 1.29 is 8.83 Å². The van der Waals surface area contributed by atoms with Gasteiger partial charge < -0.3 is 8.83 Å². The van der Waals surface area contributed by atoms with Crippen molar-refractivity contribution in [3.05, 3.63) is 152 Å². The summed E-state index contributed by atoms with van der Waals surface area (Å²) >= 11 is 0. The van der Waals surface area contributed by atoms with E-state index in [4.69, 9.17) is 23.8 Å². The largest absolute Gasteiger partial charge is 0.456 e.